The van der Waals surface area contributed by atoms with E-state index in [0.717, 1.165) is 11.5 Å². The zero-order chi connectivity index (χ0) is 15.0. The number of pyridine rings is 2. The Kier molecular flexibility index (Phi) is 6.12. The third kappa shape index (κ3) is 7.48. The van der Waals surface area contributed by atoms with Crippen molar-refractivity contribution < 1.29 is 17.5 Å². The molecule has 2 aromatic heterocycles. The molecule has 0 radical (unpaired) electrons. The van der Waals surface area contributed by atoms with Gasteiger partial charge in [0.15, 0.2) is 0 Å². The Balaban J connectivity index is 0.000000347. The van der Waals surface area contributed by atoms with Crippen LogP contribution >= 0.6 is 12.2 Å². The number of nitrogens with one attached hydrogen (secondary N) is 1. The average molecular weight is 313 g/mol. The van der Waals surface area contributed by atoms with Crippen LogP contribution < -0.4 is 5.32 Å². The highest BCUT2D eigenvalue weighted by molar-refractivity contribution is 7.81. The van der Waals surface area contributed by atoms with Crippen molar-refractivity contribution in [2.24, 2.45) is 0 Å². The van der Waals surface area contributed by atoms with Crippen LogP contribution in [0.2, 0.25) is 0 Å². The van der Waals surface area contributed by atoms with E-state index in [0.29, 0.717) is 4.99 Å². The second-order valence-electron chi connectivity index (χ2n) is 3.33. The summed E-state index contributed by atoms with van der Waals surface area (Å²) in [6.45, 7) is 0. The molecule has 0 unspecified atom stereocenters. The standard InChI is InChI=1S/C11H9N3S.H2O4S/c15-11(9-5-1-3-7-12-9)14-10-6-2-4-8-13-10;1-5(2,3)4/h1-8H,(H,13,14,15);(H2,1,2,3,4). The zero-order valence-electron chi connectivity index (χ0n) is 10.0. The first-order valence-electron chi connectivity index (χ1n) is 5.19. The molecule has 3 N–H and O–H groups in total. The smallest absolute Gasteiger partial charge is 0.330 e. The Morgan fingerprint density at radius 2 is 1.60 bits per heavy atom. The van der Waals surface area contributed by atoms with Crippen molar-refractivity contribution in [1.29, 1.82) is 0 Å². The van der Waals surface area contributed by atoms with E-state index in [4.69, 9.17) is 29.7 Å². The topological polar surface area (TPSA) is 112 Å². The summed E-state index contributed by atoms with van der Waals surface area (Å²) in [4.78, 5) is 8.84. The number of hydrogen-bond acceptors (Lipinski definition) is 5. The summed E-state index contributed by atoms with van der Waals surface area (Å²) in [5.41, 5.74) is 0.748. The summed E-state index contributed by atoms with van der Waals surface area (Å²) < 4.78 is 31.6. The highest BCUT2D eigenvalue weighted by Crippen LogP contribution is 2.04. The van der Waals surface area contributed by atoms with E-state index in [9.17, 15) is 0 Å². The van der Waals surface area contributed by atoms with Crippen LogP contribution in [-0.2, 0) is 10.4 Å². The van der Waals surface area contributed by atoms with E-state index in [-0.39, 0.29) is 0 Å². The van der Waals surface area contributed by atoms with Gasteiger partial charge in [-0.15, -0.1) is 0 Å². The van der Waals surface area contributed by atoms with Crippen molar-refractivity contribution in [3.05, 3.63) is 54.5 Å². The van der Waals surface area contributed by atoms with Gasteiger partial charge in [-0.3, -0.25) is 14.1 Å². The number of aromatic nitrogens is 2. The minimum atomic E-state index is -4.67. The summed E-state index contributed by atoms with van der Waals surface area (Å²) in [7, 11) is -4.67. The van der Waals surface area contributed by atoms with Crippen molar-refractivity contribution >= 4 is 33.4 Å². The van der Waals surface area contributed by atoms with Gasteiger partial charge in [0.2, 0.25) is 0 Å². The number of nitrogens with zero attached hydrogens (tertiary/aromatic N) is 2. The predicted molar refractivity (Wildman–Crippen MR) is 78.0 cm³/mol. The molecule has 9 heteroatoms. The second kappa shape index (κ2) is 7.60. The molecule has 2 heterocycles. The van der Waals surface area contributed by atoms with Gasteiger partial charge in [0.1, 0.15) is 10.8 Å². The lowest BCUT2D eigenvalue weighted by atomic mass is 10.3. The molecule has 2 aromatic rings. The summed E-state index contributed by atoms with van der Waals surface area (Å²) in [6, 6.07) is 11.2. The molecule has 0 saturated carbocycles. The normalized spacial score (nSPS) is 10.1. The van der Waals surface area contributed by atoms with Gasteiger partial charge in [-0.05, 0) is 24.3 Å². The van der Waals surface area contributed by atoms with Gasteiger partial charge in [-0.2, -0.15) is 8.42 Å². The quantitative estimate of drug-likeness (QED) is 0.566. The summed E-state index contributed by atoms with van der Waals surface area (Å²) in [5.74, 6) is 0.730. The van der Waals surface area contributed by atoms with E-state index < -0.39 is 10.4 Å². The monoisotopic (exact) mass is 313 g/mol. The fourth-order valence-corrected chi connectivity index (χ4v) is 1.34. The molecule has 0 aliphatic carbocycles. The minimum absolute atomic E-state index is 0.578. The fraction of sp³-hybridized carbons (Fsp3) is 0. The van der Waals surface area contributed by atoms with Crippen molar-refractivity contribution in [1.82, 2.24) is 9.97 Å². The van der Waals surface area contributed by atoms with Crippen molar-refractivity contribution in [2.75, 3.05) is 5.32 Å². The van der Waals surface area contributed by atoms with Gasteiger partial charge in [0.05, 0.1) is 5.69 Å². The van der Waals surface area contributed by atoms with Gasteiger partial charge in [0.25, 0.3) is 0 Å². The highest BCUT2D eigenvalue weighted by Gasteiger charge is 2.01. The van der Waals surface area contributed by atoms with Gasteiger partial charge >= 0.3 is 10.4 Å². The van der Waals surface area contributed by atoms with Gasteiger partial charge in [-0.1, -0.05) is 24.4 Å². The van der Waals surface area contributed by atoms with Crippen LogP contribution in [0.15, 0.2) is 48.8 Å². The van der Waals surface area contributed by atoms with Crippen molar-refractivity contribution in [3.8, 4) is 0 Å². The van der Waals surface area contributed by atoms with Crippen LogP contribution in [0.25, 0.3) is 0 Å². The number of hydrogen-bond donors (Lipinski definition) is 3. The molecule has 0 spiro atoms. The molecule has 0 atom stereocenters. The Bertz CT molecular complexity index is 640. The van der Waals surface area contributed by atoms with E-state index in [1.807, 2.05) is 36.4 Å². The van der Waals surface area contributed by atoms with Crippen molar-refractivity contribution in [2.45, 2.75) is 0 Å². The number of thiocarbonyl (C=S) groups is 1. The van der Waals surface area contributed by atoms with E-state index in [1.54, 1.807) is 12.4 Å². The molecule has 0 amide bonds. The third-order valence-corrected chi connectivity index (χ3v) is 2.12. The molecule has 2 rings (SSSR count). The van der Waals surface area contributed by atoms with Crippen LogP contribution in [0.4, 0.5) is 5.82 Å². The zero-order valence-corrected chi connectivity index (χ0v) is 11.7. The van der Waals surface area contributed by atoms with E-state index in [2.05, 4.69) is 15.3 Å². The van der Waals surface area contributed by atoms with Crippen LogP contribution in [0.3, 0.4) is 0 Å². The van der Waals surface area contributed by atoms with E-state index in [1.165, 1.54) is 0 Å². The predicted octanol–water partition coefficient (Wildman–Crippen LogP) is 1.61. The molecule has 20 heavy (non-hydrogen) atoms. The Hall–Kier alpha value is -1.94. The van der Waals surface area contributed by atoms with Gasteiger partial charge in [-0.25, -0.2) is 4.98 Å². The van der Waals surface area contributed by atoms with Crippen molar-refractivity contribution in [3.63, 3.8) is 0 Å². The molecule has 7 nitrogen and oxygen atoms in total. The molecule has 0 bridgehead atoms. The highest BCUT2D eigenvalue weighted by atomic mass is 32.3. The third-order valence-electron chi connectivity index (χ3n) is 1.80. The minimum Gasteiger partial charge on any atom is -0.330 e. The molecular formula is C11H11N3O4S2. The Labute approximate surface area is 121 Å². The molecule has 0 fully saturated rings. The van der Waals surface area contributed by atoms with Gasteiger partial charge in [0, 0.05) is 12.4 Å². The molecule has 106 valence electrons. The molecular weight excluding hydrogens is 302 g/mol. The maximum absolute atomic E-state index is 8.74. The first kappa shape index (κ1) is 16.1. The maximum atomic E-state index is 8.74. The van der Waals surface area contributed by atoms with Crippen LogP contribution in [0, 0.1) is 0 Å². The lowest BCUT2D eigenvalue weighted by Crippen LogP contribution is -2.12. The first-order chi connectivity index (χ1) is 9.36. The molecule has 0 saturated heterocycles. The van der Waals surface area contributed by atoms with Gasteiger partial charge < -0.3 is 5.32 Å². The molecule has 0 aliphatic heterocycles. The van der Waals surface area contributed by atoms with Crippen LogP contribution in [0.5, 0.6) is 0 Å². The summed E-state index contributed by atoms with van der Waals surface area (Å²) in [5, 5.41) is 3.02. The lowest BCUT2D eigenvalue weighted by molar-refractivity contribution is 0.381. The second-order valence-corrected chi connectivity index (χ2v) is 4.64. The number of rotatable bonds is 2. The summed E-state index contributed by atoms with van der Waals surface area (Å²) in [6.07, 6.45) is 3.42. The maximum Gasteiger partial charge on any atom is 0.394 e. The average Bonchev–Trinajstić information content (AvgIpc) is 2.39. The van der Waals surface area contributed by atoms with E-state index >= 15 is 0 Å². The largest absolute Gasteiger partial charge is 0.394 e. The lowest BCUT2D eigenvalue weighted by Gasteiger charge is -2.05. The Morgan fingerprint density at radius 3 is 2.05 bits per heavy atom. The Morgan fingerprint density at radius 1 is 1.05 bits per heavy atom. The fourth-order valence-electron chi connectivity index (χ4n) is 1.11. The molecule has 0 aliphatic rings. The number of anilines is 1. The first-order valence-corrected chi connectivity index (χ1v) is 7.00. The SMILES string of the molecule is O=S(=O)(O)O.S=C(Nc1ccccn1)c1ccccn1. The van der Waals surface area contributed by atoms with Crippen LogP contribution in [0.1, 0.15) is 5.69 Å². The van der Waals surface area contributed by atoms with Crippen LogP contribution in [-0.4, -0.2) is 32.5 Å². The summed E-state index contributed by atoms with van der Waals surface area (Å²) >= 11 is 5.19. The molecule has 0 aromatic carbocycles.